The number of hydrogen-bond donors (Lipinski definition) is 0. The fraction of sp³-hybridized carbons (Fsp3) is 0.308. The Bertz CT molecular complexity index is 341. The molecule has 15 heavy (non-hydrogen) atoms. The average Bonchev–Trinajstić information content (AvgIpc) is 2.34. The van der Waals surface area contributed by atoms with Crippen molar-refractivity contribution in [1.82, 2.24) is 4.98 Å². The van der Waals surface area contributed by atoms with Crippen LogP contribution < -0.4 is 0 Å². The Morgan fingerprint density at radius 2 is 2.13 bits per heavy atom. The van der Waals surface area contributed by atoms with Crippen molar-refractivity contribution in [2.45, 2.75) is 26.4 Å². The Labute approximate surface area is 90.4 Å². The molecule has 2 heteroatoms. The van der Waals surface area contributed by atoms with E-state index in [1.54, 1.807) is 18.3 Å². The maximum atomic E-state index is 12.7. The summed E-state index contributed by atoms with van der Waals surface area (Å²) in [5, 5.41) is 0. The summed E-state index contributed by atoms with van der Waals surface area (Å²) in [7, 11) is 0. The number of halogens is 1. The molecular weight excluding hydrogens is 189 g/mol. The number of pyridine rings is 1. The van der Waals surface area contributed by atoms with E-state index in [1.807, 2.05) is 38.1 Å². The molecule has 0 bridgehead atoms. The topological polar surface area (TPSA) is 12.9 Å². The normalized spacial score (nSPS) is 18.9. The highest BCUT2D eigenvalue weighted by atomic mass is 19.1. The van der Waals surface area contributed by atoms with Crippen LogP contribution in [0.1, 0.15) is 26.0 Å². The van der Waals surface area contributed by atoms with Crippen molar-refractivity contribution in [3.63, 3.8) is 0 Å². The lowest BCUT2D eigenvalue weighted by molar-refractivity contribution is 0.402. The van der Waals surface area contributed by atoms with Crippen LogP contribution >= 0.6 is 0 Å². The predicted molar refractivity (Wildman–Crippen MR) is 62.2 cm³/mol. The van der Waals surface area contributed by atoms with E-state index in [0.29, 0.717) is 6.42 Å². The lowest BCUT2D eigenvalue weighted by Gasteiger charge is -2.08. The van der Waals surface area contributed by atoms with Crippen molar-refractivity contribution in [3.8, 4) is 0 Å². The summed E-state index contributed by atoms with van der Waals surface area (Å²) in [5.74, 6) is 0. The average molecular weight is 205 g/mol. The Morgan fingerprint density at radius 3 is 2.67 bits per heavy atom. The van der Waals surface area contributed by atoms with Crippen molar-refractivity contribution in [1.29, 1.82) is 0 Å². The first-order valence-electron chi connectivity index (χ1n) is 5.30. The summed E-state index contributed by atoms with van der Waals surface area (Å²) in [5.41, 5.74) is 1.92. The standard InChI is InChI=1S/C11H10FN.C2H6/c12-10-6-4-9(5-7-10)11-3-1-2-8-13-11;1-2/h1-6,8,10H,7H2;1-2H3. The molecule has 0 saturated heterocycles. The number of allylic oxidation sites excluding steroid dienone is 4. The van der Waals surface area contributed by atoms with Crippen molar-refractivity contribution in [2.75, 3.05) is 0 Å². The summed E-state index contributed by atoms with van der Waals surface area (Å²) >= 11 is 0. The van der Waals surface area contributed by atoms with Crippen LogP contribution in [0, 0.1) is 0 Å². The zero-order chi connectivity index (χ0) is 11.1. The molecular formula is C13H16FN. The van der Waals surface area contributed by atoms with Gasteiger partial charge in [-0.1, -0.05) is 32.1 Å². The molecule has 1 unspecified atom stereocenters. The Hall–Kier alpha value is -1.44. The van der Waals surface area contributed by atoms with Gasteiger partial charge in [0.05, 0.1) is 5.69 Å². The van der Waals surface area contributed by atoms with Gasteiger partial charge in [0.2, 0.25) is 0 Å². The van der Waals surface area contributed by atoms with Gasteiger partial charge in [0, 0.05) is 12.6 Å². The zero-order valence-electron chi connectivity index (χ0n) is 9.15. The van der Waals surface area contributed by atoms with Gasteiger partial charge in [0.25, 0.3) is 0 Å². The summed E-state index contributed by atoms with van der Waals surface area (Å²) in [6, 6.07) is 5.72. The van der Waals surface area contributed by atoms with Gasteiger partial charge in [-0.25, -0.2) is 4.39 Å². The molecule has 0 aromatic carbocycles. The number of rotatable bonds is 1. The van der Waals surface area contributed by atoms with Gasteiger partial charge < -0.3 is 0 Å². The minimum atomic E-state index is -0.826. The minimum Gasteiger partial charge on any atom is -0.256 e. The van der Waals surface area contributed by atoms with E-state index >= 15 is 0 Å². The Morgan fingerprint density at radius 1 is 1.33 bits per heavy atom. The molecule has 0 radical (unpaired) electrons. The monoisotopic (exact) mass is 205 g/mol. The van der Waals surface area contributed by atoms with Gasteiger partial charge in [-0.15, -0.1) is 0 Å². The van der Waals surface area contributed by atoms with Gasteiger partial charge in [-0.05, 0) is 23.8 Å². The van der Waals surface area contributed by atoms with Crippen molar-refractivity contribution in [2.24, 2.45) is 0 Å². The molecule has 1 aromatic rings. The van der Waals surface area contributed by atoms with Crippen molar-refractivity contribution >= 4 is 5.57 Å². The summed E-state index contributed by atoms with van der Waals surface area (Å²) < 4.78 is 12.7. The summed E-state index contributed by atoms with van der Waals surface area (Å²) in [6.07, 6.45) is 6.62. The largest absolute Gasteiger partial charge is 0.256 e. The Kier molecular flexibility index (Phi) is 4.75. The van der Waals surface area contributed by atoms with E-state index in [2.05, 4.69) is 4.98 Å². The quantitative estimate of drug-likeness (QED) is 0.679. The molecule has 1 aliphatic carbocycles. The van der Waals surface area contributed by atoms with Crippen LogP contribution in [0.2, 0.25) is 0 Å². The third-order valence-corrected chi connectivity index (χ3v) is 2.01. The second-order valence-corrected chi connectivity index (χ2v) is 2.99. The number of alkyl halides is 1. The van der Waals surface area contributed by atoms with Crippen molar-refractivity contribution < 1.29 is 4.39 Å². The van der Waals surface area contributed by atoms with Gasteiger partial charge >= 0.3 is 0 Å². The van der Waals surface area contributed by atoms with Crippen LogP contribution in [0.5, 0.6) is 0 Å². The highest BCUT2D eigenvalue weighted by molar-refractivity contribution is 5.72. The van der Waals surface area contributed by atoms with Crippen LogP contribution in [0.15, 0.2) is 42.6 Å². The van der Waals surface area contributed by atoms with E-state index in [1.165, 1.54) is 0 Å². The lowest BCUT2D eigenvalue weighted by atomic mass is 10.0. The molecule has 0 N–H and O–H groups in total. The third kappa shape index (κ3) is 3.31. The Balaban J connectivity index is 0.000000531. The highest BCUT2D eigenvalue weighted by Crippen LogP contribution is 2.20. The first kappa shape index (κ1) is 11.6. The molecule has 0 spiro atoms. The SMILES string of the molecule is CC.FC1C=CC(c2ccccn2)=CC1. The molecule has 0 saturated carbocycles. The zero-order valence-corrected chi connectivity index (χ0v) is 9.15. The molecule has 1 atom stereocenters. The molecule has 0 amide bonds. The van der Waals surface area contributed by atoms with Gasteiger partial charge in [0.15, 0.2) is 0 Å². The van der Waals surface area contributed by atoms with E-state index in [9.17, 15) is 4.39 Å². The van der Waals surface area contributed by atoms with Gasteiger partial charge in [0.1, 0.15) is 6.17 Å². The fourth-order valence-electron chi connectivity index (χ4n) is 1.32. The molecule has 1 heterocycles. The molecule has 0 aliphatic heterocycles. The second kappa shape index (κ2) is 6.12. The molecule has 0 fully saturated rings. The second-order valence-electron chi connectivity index (χ2n) is 2.99. The smallest absolute Gasteiger partial charge is 0.122 e. The molecule has 1 aromatic heterocycles. The maximum Gasteiger partial charge on any atom is 0.122 e. The summed E-state index contributed by atoms with van der Waals surface area (Å²) in [4.78, 5) is 4.19. The molecule has 1 aliphatic rings. The van der Waals surface area contributed by atoms with Crippen LogP contribution in [-0.2, 0) is 0 Å². The van der Waals surface area contributed by atoms with Crippen LogP contribution in [-0.4, -0.2) is 11.2 Å². The van der Waals surface area contributed by atoms with E-state index in [-0.39, 0.29) is 0 Å². The van der Waals surface area contributed by atoms with E-state index in [4.69, 9.17) is 0 Å². The van der Waals surface area contributed by atoms with Crippen LogP contribution in [0.4, 0.5) is 4.39 Å². The van der Waals surface area contributed by atoms with Gasteiger partial charge in [-0.3, -0.25) is 4.98 Å². The third-order valence-electron chi connectivity index (χ3n) is 2.01. The predicted octanol–water partition coefficient (Wildman–Crippen LogP) is 3.79. The number of nitrogens with zero attached hydrogens (tertiary/aromatic N) is 1. The maximum absolute atomic E-state index is 12.7. The number of hydrogen-bond acceptors (Lipinski definition) is 1. The van der Waals surface area contributed by atoms with E-state index < -0.39 is 6.17 Å². The highest BCUT2D eigenvalue weighted by Gasteiger charge is 2.07. The van der Waals surface area contributed by atoms with Crippen molar-refractivity contribution in [3.05, 3.63) is 48.3 Å². The molecule has 1 nitrogen and oxygen atoms in total. The number of aromatic nitrogens is 1. The molecule has 80 valence electrons. The molecule has 2 rings (SSSR count). The first-order valence-corrected chi connectivity index (χ1v) is 5.30. The van der Waals surface area contributed by atoms with Crippen LogP contribution in [0.25, 0.3) is 5.57 Å². The summed E-state index contributed by atoms with van der Waals surface area (Å²) in [6.45, 7) is 4.00. The van der Waals surface area contributed by atoms with Crippen LogP contribution in [0.3, 0.4) is 0 Å². The van der Waals surface area contributed by atoms with E-state index in [0.717, 1.165) is 11.3 Å². The fourth-order valence-corrected chi connectivity index (χ4v) is 1.32. The first-order chi connectivity index (χ1) is 7.36. The lowest BCUT2D eigenvalue weighted by Crippen LogP contribution is -1.98. The minimum absolute atomic E-state index is 0.461. The van der Waals surface area contributed by atoms with Gasteiger partial charge in [-0.2, -0.15) is 0 Å².